The zero-order valence-corrected chi connectivity index (χ0v) is 7.68. The number of nitrogens with zero attached hydrogens (tertiary/aromatic N) is 2. The molecule has 1 heterocycles. The molecule has 5 heteroatoms. The van der Waals surface area contributed by atoms with Gasteiger partial charge in [-0.1, -0.05) is 13.8 Å². The Morgan fingerprint density at radius 1 is 1.23 bits per heavy atom. The van der Waals surface area contributed by atoms with E-state index in [0.717, 1.165) is 12.5 Å². The van der Waals surface area contributed by atoms with Gasteiger partial charge in [0.05, 0.1) is 0 Å². The van der Waals surface area contributed by atoms with Crippen molar-refractivity contribution in [2.45, 2.75) is 26.9 Å². The van der Waals surface area contributed by atoms with Gasteiger partial charge in [-0.2, -0.15) is 13.2 Å². The predicted molar refractivity (Wildman–Crippen MR) is 43.1 cm³/mol. The molecular formula is C8H11F3N2. The smallest absolute Gasteiger partial charge is 0.245 e. The van der Waals surface area contributed by atoms with Crippen LogP contribution in [-0.2, 0) is 6.18 Å². The quantitative estimate of drug-likeness (QED) is 0.631. The summed E-state index contributed by atoms with van der Waals surface area (Å²) >= 11 is 0. The summed E-state index contributed by atoms with van der Waals surface area (Å²) < 4.78 is 35.9. The van der Waals surface area contributed by atoms with E-state index in [1.165, 1.54) is 6.92 Å². The normalized spacial score (nSPS) is 10.3. The van der Waals surface area contributed by atoms with E-state index < -0.39 is 11.9 Å². The van der Waals surface area contributed by atoms with Crippen molar-refractivity contribution >= 4 is 0 Å². The minimum Gasteiger partial charge on any atom is -0.245 e. The monoisotopic (exact) mass is 192 g/mol. The van der Waals surface area contributed by atoms with Gasteiger partial charge in [0.25, 0.3) is 0 Å². The minimum absolute atomic E-state index is 0.0417. The Labute approximate surface area is 74.8 Å². The average Bonchev–Trinajstić information content (AvgIpc) is 2.07. The van der Waals surface area contributed by atoms with E-state index in [9.17, 15) is 13.2 Å². The van der Waals surface area contributed by atoms with Crippen LogP contribution in [0.4, 0.5) is 13.2 Å². The zero-order valence-electron chi connectivity index (χ0n) is 7.68. The molecule has 0 aliphatic rings. The van der Waals surface area contributed by atoms with Gasteiger partial charge in [-0.25, -0.2) is 9.97 Å². The summed E-state index contributed by atoms with van der Waals surface area (Å²) in [5.41, 5.74) is -0.826. The van der Waals surface area contributed by atoms with Crippen LogP contribution in [0.2, 0.25) is 0 Å². The van der Waals surface area contributed by atoms with Gasteiger partial charge in [-0.3, -0.25) is 0 Å². The van der Waals surface area contributed by atoms with Crippen molar-refractivity contribution in [2.75, 3.05) is 0 Å². The molecule has 0 unspecified atom stereocenters. The van der Waals surface area contributed by atoms with E-state index in [-0.39, 0.29) is 5.56 Å². The number of alkyl halides is 3. The first-order valence-electron chi connectivity index (χ1n) is 3.85. The lowest BCUT2D eigenvalue weighted by atomic mass is 10.2. The molecule has 0 fully saturated rings. The number of halogens is 3. The van der Waals surface area contributed by atoms with Crippen LogP contribution in [-0.4, -0.2) is 9.97 Å². The molecule has 0 spiro atoms. The third kappa shape index (κ3) is 3.40. The van der Waals surface area contributed by atoms with Crippen LogP contribution in [0.25, 0.3) is 0 Å². The maximum atomic E-state index is 12.0. The van der Waals surface area contributed by atoms with E-state index in [0.29, 0.717) is 0 Å². The van der Waals surface area contributed by atoms with E-state index in [4.69, 9.17) is 0 Å². The lowest BCUT2D eigenvalue weighted by molar-refractivity contribution is -0.141. The summed E-state index contributed by atoms with van der Waals surface area (Å²) in [7, 11) is 0. The van der Waals surface area contributed by atoms with Gasteiger partial charge in [0.1, 0.15) is 6.33 Å². The lowest BCUT2D eigenvalue weighted by Crippen LogP contribution is -2.10. The van der Waals surface area contributed by atoms with Crippen molar-refractivity contribution in [1.29, 1.82) is 0 Å². The Balaban J connectivity index is 0.000000671. The highest BCUT2D eigenvalue weighted by molar-refractivity contribution is 5.16. The largest absolute Gasteiger partial charge is 0.433 e. The van der Waals surface area contributed by atoms with Crippen molar-refractivity contribution in [3.63, 3.8) is 0 Å². The maximum absolute atomic E-state index is 12.0. The molecule has 0 bridgehead atoms. The first kappa shape index (κ1) is 11.9. The summed E-state index contributed by atoms with van der Waals surface area (Å²) in [5, 5.41) is 0. The Hall–Kier alpha value is -1.13. The Morgan fingerprint density at radius 3 is 2.08 bits per heavy atom. The fraction of sp³-hybridized carbons (Fsp3) is 0.500. The zero-order chi connectivity index (χ0) is 10.5. The summed E-state index contributed by atoms with van der Waals surface area (Å²) in [6.45, 7) is 5.32. The van der Waals surface area contributed by atoms with Gasteiger partial charge in [0.2, 0.25) is 0 Å². The summed E-state index contributed by atoms with van der Waals surface area (Å²) in [5.74, 6) is 0. The molecule has 0 aromatic carbocycles. The lowest BCUT2D eigenvalue weighted by Gasteiger charge is -2.06. The van der Waals surface area contributed by atoms with E-state index in [1.807, 2.05) is 13.8 Å². The van der Waals surface area contributed by atoms with Gasteiger partial charge in [-0.05, 0) is 12.5 Å². The fourth-order valence-electron chi connectivity index (χ4n) is 0.696. The van der Waals surface area contributed by atoms with Crippen LogP contribution in [0, 0.1) is 6.92 Å². The topological polar surface area (TPSA) is 25.8 Å². The van der Waals surface area contributed by atoms with Gasteiger partial charge in [0, 0.05) is 6.20 Å². The Kier molecular flexibility index (Phi) is 4.37. The maximum Gasteiger partial charge on any atom is 0.433 e. The van der Waals surface area contributed by atoms with Crippen molar-refractivity contribution in [3.8, 4) is 0 Å². The molecule has 1 aromatic rings. The number of hydrogen-bond acceptors (Lipinski definition) is 2. The Morgan fingerprint density at radius 2 is 1.77 bits per heavy atom. The second kappa shape index (κ2) is 4.79. The van der Waals surface area contributed by atoms with Gasteiger partial charge in [0.15, 0.2) is 5.69 Å². The van der Waals surface area contributed by atoms with Crippen LogP contribution in [0.15, 0.2) is 12.5 Å². The summed E-state index contributed by atoms with van der Waals surface area (Å²) in [6, 6.07) is 0. The van der Waals surface area contributed by atoms with Crippen molar-refractivity contribution < 1.29 is 13.2 Å². The predicted octanol–water partition coefficient (Wildman–Crippen LogP) is 2.83. The second-order valence-electron chi connectivity index (χ2n) is 2.05. The average molecular weight is 192 g/mol. The van der Waals surface area contributed by atoms with Crippen molar-refractivity contribution in [3.05, 3.63) is 23.8 Å². The molecule has 2 nitrogen and oxygen atoms in total. The summed E-state index contributed by atoms with van der Waals surface area (Å²) in [6.07, 6.45) is -2.35. The molecule has 0 atom stereocenters. The first-order valence-corrected chi connectivity index (χ1v) is 3.85. The summed E-state index contributed by atoms with van der Waals surface area (Å²) in [4.78, 5) is 6.56. The van der Waals surface area contributed by atoms with Crippen LogP contribution in [0.5, 0.6) is 0 Å². The molecule has 0 aliphatic carbocycles. The van der Waals surface area contributed by atoms with Gasteiger partial charge in [-0.15, -0.1) is 0 Å². The van der Waals surface area contributed by atoms with Crippen molar-refractivity contribution in [2.24, 2.45) is 0 Å². The molecular weight excluding hydrogens is 181 g/mol. The van der Waals surface area contributed by atoms with Crippen molar-refractivity contribution in [1.82, 2.24) is 9.97 Å². The van der Waals surface area contributed by atoms with Gasteiger partial charge >= 0.3 is 6.18 Å². The standard InChI is InChI=1S/C6H5F3N2.C2H6/c1-4-2-10-3-11-5(4)6(7,8)9;1-2/h2-3H,1H3;1-2H3. The van der Waals surface area contributed by atoms with Gasteiger partial charge < -0.3 is 0 Å². The molecule has 0 saturated heterocycles. The SMILES string of the molecule is CC.Cc1cncnc1C(F)(F)F. The first-order chi connectivity index (χ1) is 6.02. The fourth-order valence-corrected chi connectivity index (χ4v) is 0.696. The number of hydrogen-bond donors (Lipinski definition) is 0. The Bertz CT molecular complexity index is 258. The highest BCUT2D eigenvalue weighted by atomic mass is 19.4. The van der Waals surface area contributed by atoms with E-state index >= 15 is 0 Å². The minimum atomic E-state index is -4.37. The molecule has 1 rings (SSSR count). The number of aromatic nitrogens is 2. The molecule has 0 aliphatic heterocycles. The third-order valence-corrected chi connectivity index (χ3v) is 1.16. The highest BCUT2D eigenvalue weighted by Crippen LogP contribution is 2.28. The molecule has 0 N–H and O–H groups in total. The van der Waals surface area contributed by atoms with Crippen LogP contribution in [0.3, 0.4) is 0 Å². The molecule has 0 saturated carbocycles. The highest BCUT2D eigenvalue weighted by Gasteiger charge is 2.33. The molecule has 13 heavy (non-hydrogen) atoms. The molecule has 1 aromatic heterocycles. The number of rotatable bonds is 0. The van der Waals surface area contributed by atoms with Crippen LogP contribution < -0.4 is 0 Å². The molecule has 0 amide bonds. The van der Waals surface area contributed by atoms with E-state index in [2.05, 4.69) is 9.97 Å². The molecule has 0 radical (unpaired) electrons. The van der Waals surface area contributed by atoms with Crippen LogP contribution in [0.1, 0.15) is 25.1 Å². The molecule has 74 valence electrons. The van der Waals surface area contributed by atoms with E-state index in [1.54, 1.807) is 0 Å². The van der Waals surface area contributed by atoms with Crippen LogP contribution >= 0.6 is 0 Å². The third-order valence-electron chi connectivity index (χ3n) is 1.16. The number of aryl methyl sites for hydroxylation is 1. The second-order valence-corrected chi connectivity index (χ2v) is 2.05.